The number of allylic oxidation sites excluding steroid dienone is 6. The first-order valence-corrected chi connectivity index (χ1v) is 9.40. The largest absolute Gasteiger partial charge is 0.370 e. The molecular weight excluding hydrogens is 329 g/mol. The van der Waals surface area contributed by atoms with E-state index in [2.05, 4.69) is 28.7 Å². The number of rotatable bonds is 11. The van der Waals surface area contributed by atoms with Crippen LogP contribution in [0.25, 0.3) is 0 Å². The van der Waals surface area contributed by atoms with Crippen molar-refractivity contribution in [2.45, 2.75) is 33.4 Å². The van der Waals surface area contributed by atoms with Crippen LogP contribution in [0.15, 0.2) is 47.5 Å². The van der Waals surface area contributed by atoms with E-state index in [-0.39, 0.29) is 17.9 Å². The predicted molar refractivity (Wildman–Crippen MR) is 109 cm³/mol. The second-order valence-corrected chi connectivity index (χ2v) is 6.67. The highest BCUT2D eigenvalue weighted by atomic mass is 19.1. The van der Waals surface area contributed by atoms with Gasteiger partial charge >= 0.3 is 0 Å². The Balaban J connectivity index is 2.92. The zero-order chi connectivity index (χ0) is 19.5. The first kappa shape index (κ1) is 22.6. The summed E-state index contributed by atoms with van der Waals surface area (Å²) >= 11 is 0. The van der Waals surface area contributed by atoms with Crippen molar-refractivity contribution in [3.05, 3.63) is 47.5 Å². The van der Waals surface area contributed by atoms with E-state index < -0.39 is 0 Å². The zero-order valence-electron chi connectivity index (χ0n) is 16.9. The molecule has 1 rings (SSSR count). The van der Waals surface area contributed by atoms with Gasteiger partial charge in [0.2, 0.25) is 0 Å². The van der Waals surface area contributed by atoms with Crippen LogP contribution >= 0.6 is 0 Å². The van der Waals surface area contributed by atoms with Crippen LogP contribution in [-0.2, 0) is 0 Å². The number of hydrogen-bond acceptors (Lipinski definition) is 5. The summed E-state index contributed by atoms with van der Waals surface area (Å²) in [5.74, 6) is 5.62. The van der Waals surface area contributed by atoms with Gasteiger partial charge in [0.25, 0.3) is 0 Å². The fourth-order valence-corrected chi connectivity index (χ4v) is 3.01. The van der Waals surface area contributed by atoms with E-state index in [1.165, 1.54) is 0 Å². The van der Waals surface area contributed by atoms with Gasteiger partial charge in [-0.05, 0) is 46.0 Å². The molecule has 0 saturated heterocycles. The Hall–Kier alpha value is -1.47. The molecule has 2 unspecified atom stereocenters. The third-order valence-electron chi connectivity index (χ3n) is 4.73. The van der Waals surface area contributed by atoms with E-state index in [0.29, 0.717) is 13.0 Å². The molecule has 6 heteroatoms. The lowest BCUT2D eigenvalue weighted by molar-refractivity contribution is 0.202. The minimum absolute atomic E-state index is 0.0308. The maximum atomic E-state index is 14.4. The molecular formula is C20H36FN5. The Morgan fingerprint density at radius 3 is 2.77 bits per heavy atom. The smallest absolute Gasteiger partial charge is 0.107 e. The average Bonchev–Trinajstić information content (AvgIpc) is 2.64. The molecule has 0 saturated carbocycles. The molecule has 4 N–H and O–H groups in total. The molecule has 0 bridgehead atoms. The van der Waals surface area contributed by atoms with Gasteiger partial charge in [0, 0.05) is 37.8 Å². The van der Waals surface area contributed by atoms with Gasteiger partial charge in [0.1, 0.15) is 5.83 Å². The van der Waals surface area contributed by atoms with Gasteiger partial charge in [-0.25, -0.2) is 9.40 Å². The summed E-state index contributed by atoms with van der Waals surface area (Å²) in [5, 5.41) is 8.54. The van der Waals surface area contributed by atoms with E-state index in [9.17, 15) is 4.39 Å². The quantitative estimate of drug-likeness (QED) is 0.227. The van der Waals surface area contributed by atoms with Crippen LogP contribution in [0.2, 0.25) is 0 Å². The monoisotopic (exact) mass is 365 g/mol. The highest BCUT2D eigenvalue weighted by Gasteiger charge is 2.23. The van der Waals surface area contributed by atoms with E-state index in [4.69, 9.17) is 5.84 Å². The topological polar surface area (TPSA) is 56.6 Å². The van der Waals surface area contributed by atoms with Crippen LogP contribution in [0.5, 0.6) is 0 Å². The average molecular weight is 366 g/mol. The fourth-order valence-electron chi connectivity index (χ4n) is 3.01. The van der Waals surface area contributed by atoms with Crippen LogP contribution in [0.4, 0.5) is 4.39 Å². The van der Waals surface area contributed by atoms with Crippen molar-refractivity contribution in [3.8, 4) is 0 Å². The molecule has 0 spiro atoms. The zero-order valence-corrected chi connectivity index (χ0v) is 16.9. The van der Waals surface area contributed by atoms with E-state index in [0.717, 1.165) is 30.9 Å². The third kappa shape index (κ3) is 7.03. The first-order valence-electron chi connectivity index (χ1n) is 9.40. The second kappa shape index (κ2) is 12.0. The Kier molecular flexibility index (Phi) is 10.4. The lowest BCUT2D eigenvalue weighted by Gasteiger charge is -2.31. The summed E-state index contributed by atoms with van der Waals surface area (Å²) in [7, 11) is 3.96. The van der Waals surface area contributed by atoms with Crippen LogP contribution in [0, 0.1) is 5.92 Å². The lowest BCUT2D eigenvalue weighted by atomic mass is 9.89. The van der Waals surface area contributed by atoms with Crippen LogP contribution < -0.4 is 16.5 Å². The molecule has 1 aliphatic rings. The standard InChI is InChI=1S/C20H36FN5/c1-6-10-20(25(5)13-14-26(22)7-2)24-16(3)18(15-23-4)17-11-8-9-12-19(17)21/h6,8-10,12,17,20,23-24H,7,11,13-15,22H2,1-5H3/b10-6-,18-16-. The lowest BCUT2D eigenvalue weighted by Crippen LogP contribution is -2.46. The highest BCUT2D eigenvalue weighted by Crippen LogP contribution is 2.30. The summed E-state index contributed by atoms with van der Waals surface area (Å²) < 4.78 is 14.4. The van der Waals surface area contributed by atoms with E-state index in [1.807, 2.05) is 40.0 Å². The molecule has 0 aromatic heterocycles. The van der Waals surface area contributed by atoms with E-state index >= 15 is 0 Å². The number of hydrogen-bond donors (Lipinski definition) is 3. The van der Waals surface area contributed by atoms with Crippen molar-refractivity contribution in [2.24, 2.45) is 11.8 Å². The third-order valence-corrected chi connectivity index (χ3v) is 4.73. The predicted octanol–water partition coefficient (Wildman–Crippen LogP) is 2.53. The second-order valence-electron chi connectivity index (χ2n) is 6.67. The number of likely N-dealkylation sites (N-methyl/N-ethyl adjacent to an activating group) is 3. The summed E-state index contributed by atoms with van der Waals surface area (Å²) in [6.07, 6.45) is 10.2. The van der Waals surface area contributed by atoms with Crippen molar-refractivity contribution in [3.63, 3.8) is 0 Å². The Labute approximate surface area is 158 Å². The SMILES string of the molecule is C/C=C\C(N/C(C)=C(/CNC)C1CC=CC=C1F)N(C)CCN(N)CC. The minimum Gasteiger partial charge on any atom is -0.370 e. The first-order chi connectivity index (χ1) is 12.4. The Morgan fingerprint density at radius 1 is 1.46 bits per heavy atom. The maximum absolute atomic E-state index is 14.4. The molecule has 0 amide bonds. The molecule has 1 aliphatic carbocycles. The number of nitrogens with zero attached hydrogens (tertiary/aromatic N) is 2. The van der Waals surface area contributed by atoms with Gasteiger partial charge in [0.15, 0.2) is 0 Å². The molecule has 0 aromatic carbocycles. The van der Waals surface area contributed by atoms with Crippen molar-refractivity contribution in [1.82, 2.24) is 20.5 Å². The van der Waals surface area contributed by atoms with Crippen LogP contribution in [0.1, 0.15) is 27.2 Å². The molecule has 148 valence electrons. The molecule has 26 heavy (non-hydrogen) atoms. The van der Waals surface area contributed by atoms with Gasteiger partial charge in [-0.3, -0.25) is 10.7 Å². The summed E-state index contributed by atoms with van der Waals surface area (Å²) in [6, 6.07) is 0. The normalized spacial score (nSPS) is 19.9. The highest BCUT2D eigenvalue weighted by molar-refractivity contribution is 5.29. The number of hydrazine groups is 1. The van der Waals surface area contributed by atoms with Crippen LogP contribution in [0.3, 0.4) is 0 Å². The fraction of sp³-hybridized carbons (Fsp3) is 0.600. The number of halogens is 1. The summed E-state index contributed by atoms with van der Waals surface area (Å²) in [4.78, 5) is 2.21. The molecule has 0 fully saturated rings. The van der Waals surface area contributed by atoms with Gasteiger partial charge in [0.05, 0.1) is 6.17 Å². The maximum Gasteiger partial charge on any atom is 0.107 e. The van der Waals surface area contributed by atoms with Crippen molar-refractivity contribution >= 4 is 0 Å². The van der Waals surface area contributed by atoms with E-state index in [1.54, 1.807) is 17.2 Å². The molecule has 0 aliphatic heterocycles. The Bertz CT molecular complexity index is 538. The van der Waals surface area contributed by atoms with Gasteiger partial charge < -0.3 is 10.6 Å². The molecule has 0 radical (unpaired) electrons. The molecule has 0 aromatic rings. The van der Waals surface area contributed by atoms with Gasteiger partial charge in [-0.1, -0.05) is 31.2 Å². The summed E-state index contributed by atoms with van der Waals surface area (Å²) in [5.41, 5.74) is 2.07. The molecule has 2 atom stereocenters. The minimum atomic E-state index is -0.198. The van der Waals surface area contributed by atoms with Gasteiger partial charge in [-0.15, -0.1) is 0 Å². The van der Waals surface area contributed by atoms with Gasteiger partial charge in [-0.2, -0.15) is 0 Å². The summed E-state index contributed by atoms with van der Waals surface area (Å²) in [6.45, 7) is 9.18. The van der Waals surface area contributed by atoms with Crippen molar-refractivity contribution in [1.29, 1.82) is 0 Å². The van der Waals surface area contributed by atoms with Crippen molar-refractivity contribution in [2.75, 3.05) is 40.3 Å². The number of nitrogens with one attached hydrogen (secondary N) is 2. The Morgan fingerprint density at radius 2 is 2.19 bits per heavy atom. The number of nitrogens with two attached hydrogens (primary N) is 1. The molecule has 0 heterocycles. The molecule has 5 nitrogen and oxygen atoms in total. The van der Waals surface area contributed by atoms with Crippen LogP contribution in [-0.4, -0.2) is 56.3 Å². The van der Waals surface area contributed by atoms with Crippen molar-refractivity contribution < 1.29 is 4.39 Å².